The van der Waals surface area contributed by atoms with Crippen LogP contribution in [-0.4, -0.2) is 38.2 Å². The molecule has 0 amide bonds. The zero-order chi connectivity index (χ0) is 19.6. The number of nitrogens with zero attached hydrogens (tertiary/aromatic N) is 1. The van der Waals surface area contributed by atoms with E-state index < -0.39 is 0 Å². The van der Waals surface area contributed by atoms with Crippen LogP contribution in [0.4, 0.5) is 0 Å². The van der Waals surface area contributed by atoms with Gasteiger partial charge in [-0.2, -0.15) is 0 Å². The van der Waals surface area contributed by atoms with Gasteiger partial charge in [0.2, 0.25) is 0 Å². The van der Waals surface area contributed by atoms with Crippen LogP contribution < -0.4 is 9.47 Å². The Morgan fingerprint density at radius 1 is 1.19 bits per heavy atom. The van der Waals surface area contributed by atoms with Gasteiger partial charge in [-0.25, -0.2) is 0 Å². The highest BCUT2D eigenvalue weighted by molar-refractivity contribution is 5.82. The Hall–Kier alpha value is -2.01. The standard InChI is InChI=1S/C22H33NO4/c1-6-7-11-25-21-12-16(2)22(17(3)13-21)27-20-10-8-9-19(14-20)26-15-18(4)23-24-5/h6-7,12-13,19-20H,8-11,14-15H2,1-5H3/b7-6+,23-18?. The zero-order valence-electron chi connectivity index (χ0n) is 17.3. The zero-order valence-corrected chi connectivity index (χ0v) is 17.3. The summed E-state index contributed by atoms with van der Waals surface area (Å²) in [6, 6.07) is 4.10. The van der Waals surface area contributed by atoms with Crippen LogP contribution in [0.1, 0.15) is 50.7 Å². The molecule has 0 aromatic heterocycles. The Balaban J connectivity index is 1.94. The van der Waals surface area contributed by atoms with Gasteiger partial charge in [0.25, 0.3) is 0 Å². The van der Waals surface area contributed by atoms with Crippen LogP contribution in [0.5, 0.6) is 11.5 Å². The topological polar surface area (TPSA) is 49.3 Å². The third-order valence-electron chi connectivity index (χ3n) is 4.65. The first-order valence-corrected chi connectivity index (χ1v) is 9.73. The minimum Gasteiger partial charge on any atom is -0.490 e. The van der Waals surface area contributed by atoms with E-state index in [0.29, 0.717) is 13.2 Å². The number of allylic oxidation sites excluding steroid dienone is 1. The van der Waals surface area contributed by atoms with Crippen LogP contribution in [0.3, 0.4) is 0 Å². The van der Waals surface area contributed by atoms with Gasteiger partial charge in [-0.15, -0.1) is 0 Å². The SMILES string of the molecule is C/C=C/COc1cc(C)c(OC2CCCC(OCC(C)=NOC)C2)c(C)c1. The molecule has 2 rings (SSSR count). The van der Waals surface area contributed by atoms with E-state index in [1.807, 2.05) is 38.1 Å². The van der Waals surface area contributed by atoms with Crippen molar-refractivity contribution >= 4 is 5.71 Å². The molecular weight excluding hydrogens is 342 g/mol. The van der Waals surface area contributed by atoms with E-state index in [9.17, 15) is 0 Å². The molecule has 5 heteroatoms. The molecule has 2 atom stereocenters. The Morgan fingerprint density at radius 2 is 1.89 bits per heavy atom. The summed E-state index contributed by atoms with van der Waals surface area (Å²) in [5.41, 5.74) is 3.06. The van der Waals surface area contributed by atoms with Crippen molar-refractivity contribution in [3.63, 3.8) is 0 Å². The third kappa shape index (κ3) is 6.90. The van der Waals surface area contributed by atoms with Gasteiger partial charge in [0, 0.05) is 6.42 Å². The van der Waals surface area contributed by atoms with E-state index >= 15 is 0 Å². The monoisotopic (exact) mass is 375 g/mol. The van der Waals surface area contributed by atoms with Gasteiger partial charge in [-0.3, -0.25) is 0 Å². The molecule has 0 spiro atoms. The van der Waals surface area contributed by atoms with Gasteiger partial charge >= 0.3 is 0 Å². The van der Waals surface area contributed by atoms with Gasteiger partial charge in [0.1, 0.15) is 31.3 Å². The first-order chi connectivity index (χ1) is 13.0. The maximum Gasteiger partial charge on any atom is 0.125 e. The van der Waals surface area contributed by atoms with Gasteiger partial charge < -0.3 is 19.0 Å². The molecule has 1 aliphatic carbocycles. The summed E-state index contributed by atoms with van der Waals surface area (Å²) in [4.78, 5) is 4.78. The van der Waals surface area contributed by atoms with Gasteiger partial charge in [0.15, 0.2) is 0 Å². The maximum atomic E-state index is 6.38. The Kier molecular flexibility index (Phi) is 8.65. The second-order valence-electron chi connectivity index (χ2n) is 7.11. The Bertz CT molecular complexity index is 631. The van der Waals surface area contributed by atoms with Crippen LogP contribution >= 0.6 is 0 Å². The molecule has 1 aromatic carbocycles. The fourth-order valence-corrected chi connectivity index (χ4v) is 3.37. The Labute approximate surface area is 163 Å². The quantitative estimate of drug-likeness (QED) is 0.347. The van der Waals surface area contributed by atoms with Gasteiger partial charge in [-0.05, 0) is 70.2 Å². The number of oxime groups is 1. The van der Waals surface area contributed by atoms with Crippen molar-refractivity contribution in [2.45, 2.75) is 65.6 Å². The van der Waals surface area contributed by atoms with E-state index in [1.165, 1.54) is 0 Å². The van der Waals surface area contributed by atoms with Crippen molar-refractivity contribution in [2.24, 2.45) is 5.16 Å². The highest BCUT2D eigenvalue weighted by Gasteiger charge is 2.25. The minimum atomic E-state index is 0.176. The van der Waals surface area contributed by atoms with Crippen LogP contribution in [0, 0.1) is 13.8 Å². The van der Waals surface area contributed by atoms with E-state index in [-0.39, 0.29) is 12.2 Å². The number of aryl methyl sites for hydroxylation is 2. The lowest BCUT2D eigenvalue weighted by atomic mass is 9.94. The third-order valence-corrected chi connectivity index (χ3v) is 4.65. The molecule has 0 bridgehead atoms. The summed E-state index contributed by atoms with van der Waals surface area (Å²) < 4.78 is 18.1. The van der Waals surface area contributed by atoms with E-state index in [4.69, 9.17) is 19.0 Å². The molecule has 2 unspecified atom stereocenters. The van der Waals surface area contributed by atoms with Crippen molar-refractivity contribution < 1.29 is 19.0 Å². The molecule has 0 saturated heterocycles. The fraction of sp³-hybridized carbons (Fsp3) is 0.591. The number of hydrogen-bond acceptors (Lipinski definition) is 5. The molecule has 1 aliphatic rings. The smallest absolute Gasteiger partial charge is 0.125 e. The summed E-state index contributed by atoms with van der Waals surface area (Å²) in [5, 5.41) is 3.90. The fourth-order valence-electron chi connectivity index (χ4n) is 3.37. The second kappa shape index (κ2) is 11.0. The van der Waals surface area contributed by atoms with E-state index in [0.717, 1.165) is 54.0 Å². The first kappa shape index (κ1) is 21.3. The molecule has 27 heavy (non-hydrogen) atoms. The molecule has 0 aliphatic heterocycles. The van der Waals surface area contributed by atoms with Crippen LogP contribution in [-0.2, 0) is 9.57 Å². The number of rotatable bonds is 9. The molecule has 0 N–H and O–H groups in total. The molecule has 150 valence electrons. The lowest BCUT2D eigenvalue weighted by Gasteiger charge is -2.30. The van der Waals surface area contributed by atoms with Crippen molar-refractivity contribution in [3.05, 3.63) is 35.4 Å². The molecular formula is C22H33NO4. The summed E-state index contributed by atoms with van der Waals surface area (Å²) in [5.74, 6) is 1.85. The highest BCUT2D eigenvalue weighted by Crippen LogP contribution is 2.32. The summed E-state index contributed by atoms with van der Waals surface area (Å²) >= 11 is 0. The van der Waals surface area contributed by atoms with E-state index in [1.54, 1.807) is 7.11 Å². The van der Waals surface area contributed by atoms with Crippen molar-refractivity contribution in [2.75, 3.05) is 20.3 Å². The number of benzene rings is 1. The Morgan fingerprint density at radius 3 is 2.56 bits per heavy atom. The van der Waals surface area contributed by atoms with Crippen LogP contribution in [0.25, 0.3) is 0 Å². The van der Waals surface area contributed by atoms with E-state index in [2.05, 4.69) is 19.0 Å². The van der Waals surface area contributed by atoms with Crippen molar-refractivity contribution in [1.82, 2.24) is 0 Å². The molecule has 1 fully saturated rings. The average Bonchev–Trinajstić information content (AvgIpc) is 2.64. The largest absolute Gasteiger partial charge is 0.490 e. The molecule has 0 radical (unpaired) electrons. The van der Waals surface area contributed by atoms with Gasteiger partial charge in [-0.1, -0.05) is 17.3 Å². The predicted molar refractivity (Wildman–Crippen MR) is 109 cm³/mol. The molecule has 5 nitrogen and oxygen atoms in total. The summed E-state index contributed by atoms with van der Waals surface area (Å²) in [7, 11) is 1.55. The van der Waals surface area contributed by atoms with Crippen LogP contribution in [0.15, 0.2) is 29.4 Å². The summed E-state index contributed by atoms with van der Waals surface area (Å²) in [6.07, 6.45) is 8.50. The predicted octanol–water partition coefficient (Wildman–Crippen LogP) is 4.99. The van der Waals surface area contributed by atoms with Crippen LogP contribution in [0.2, 0.25) is 0 Å². The number of hydrogen-bond donors (Lipinski definition) is 0. The minimum absolute atomic E-state index is 0.176. The van der Waals surface area contributed by atoms with Gasteiger partial charge in [0.05, 0.1) is 18.4 Å². The van der Waals surface area contributed by atoms with Crippen molar-refractivity contribution in [1.29, 1.82) is 0 Å². The second-order valence-corrected chi connectivity index (χ2v) is 7.11. The highest BCUT2D eigenvalue weighted by atomic mass is 16.6. The average molecular weight is 376 g/mol. The lowest BCUT2D eigenvalue weighted by Crippen LogP contribution is -2.31. The first-order valence-electron chi connectivity index (χ1n) is 9.73. The molecule has 1 saturated carbocycles. The lowest BCUT2D eigenvalue weighted by molar-refractivity contribution is 0.00792. The van der Waals surface area contributed by atoms with Crippen molar-refractivity contribution in [3.8, 4) is 11.5 Å². The number of ether oxygens (including phenoxy) is 3. The molecule has 1 aromatic rings. The maximum absolute atomic E-state index is 6.38. The normalized spacial score (nSPS) is 20.7. The summed E-state index contributed by atoms with van der Waals surface area (Å²) in [6.45, 7) is 9.14. The molecule has 0 heterocycles.